The second-order valence-corrected chi connectivity index (χ2v) is 11.2. The second kappa shape index (κ2) is 31.9. The predicted octanol–water partition coefficient (Wildman–Crippen LogP) is 9.67. The molecule has 4 heteroatoms. The summed E-state index contributed by atoms with van der Waals surface area (Å²) in [6, 6.07) is -0.644. The number of hydrogen-bond acceptors (Lipinski definition) is 3. The first-order chi connectivity index (χ1) is 19.7. The molecule has 0 spiro atoms. The van der Waals surface area contributed by atoms with Crippen molar-refractivity contribution in [3.63, 3.8) is 0 Å². The summed E-state index contributed by atoms with van der Waals surface area (Å²) in [7, 11) is 0. The summed E-state index contributed by atoms with van der Waals surface area (Å²) in [5.74, 6) is -0.0881. The summed E-state index contributed by atoms with van der Waals surface area (Å²) >= 11 is 0. The van der Waals surface area contributed by atoms with Gasteiger partial charge in [0.2, 0.25) is 5.91 Å². The van der Waals surface area contributed by atoms with Crippen LogP contribution in [-0.4, -0.2) is 34.9 Å². The lowest BCUT2D eigenvalue weighted by atomic mass is 10.1. The number of unbranched alkanes of at least 4 members (excludes halogenated alkanes) is 16. The van der Waals surface area contributed by atoms with Crippen molar-refractivity contribution < 1.29 is 15.0 Å². The van der Waals surface area contributed by atoms with Gasteiger partial charge in [-0.3, -0.25) is 4.79 Å². The molecule has 0 heterocycles. The molecule has 0 rings (SSSR count). The van der Waals surface area contributed by atoms with E-state index in [0.717, 1.165) is 44.9 Å². The van der Waals surface area contributed by atoms with E-state index in [1.807, 2.05) is 6.08 Å². The van der Waals surface area contributed by atoms with E-state index < -0.39 is 12.1 Å². The van der Waals surface area contributed by atoms with Gasteiger partial charge in [-0.05, 0) is 64.2 Å². The standard InChI is InChI=1S/C36H65NO3/c1-3-5-7-9-11-13-15-16-17-18-19-20-21-22-24-26-28-30-32-36(40)37-34(33-38)35(39)31-29-27-25-23-14-12-10-8-6-4-2/h6,8,14,17-18,23,29,31,34-35,38-39H,3-5,7,9-13,15-16,19-22,24-28,30,32-33H2,1-2H3,(H,37,40)/b8-6+,18-17-,23-14+,31-29+. The van der Waals surface area contributed by atoms with Gasteiger partial charge in [-0.2, -0.15) is 0 Å². The average molecular weight is 560 g/mol. The van der Waals surface area contributed by atoms with Crippen LogP contribution in [0.3, 0.4) is 0 Å². The molecule has 0 aromatic carbocycles. The Hall–Kier alpha value is -1.65. The zero-order valence-electron chi connectivity index (χ0n) is 26.3. The minimum Gasteiger partial charge on any atom is -0.394 e. The van der Waals surface area contributed by atoms with Crippen LogP contribution in [0.15, 0.2) is 48.6 Å². The monoisotopic (exact) mass is 559 g/mol. The summed E-state index contributed by atoms with van der Waals surface area (Å²) in [5.41, 5.74) is 0. The smallest absolute Gasteiger partial charge is 0.220 e. The van der Waals surface area contributed by atoms with Crippen molar-refractivity contribution in [2.24, 2.45) is 0 Å². The highest BCUT2D eigenvalue weighted by atomic mass is 16.3. The summed E-state index contributed by atoms with van der Waals surface area (Å²) in [6.45, 7) is 4.14. The molecule has 0 bridgehead atoms. The number of hydrogen-bond donors (Lipinski definition) is 3. The van der Waals surface area contributed by atoms with Crippen molar-refractivity contribution in [2.45, 2.75) is 167 Å². The van der Waals surface area contributed by atoms with E-state index in [2.05, 4.69) is 55.6 Å². The van der Waals surface area contributed by atoms with Crippen LogP contribution in [-0.2, 0) is 4.79 Å². The molecule has 1 amide bonds. The Bertz CT molecular complexity index is 652. The number of rotatable bonds is 29. The first-order valence-electron chi connectivity index (χ1n) is 16.9. The zero-order valence-corrected chi connectivity index (χ0v) is 26.3. The number of aliphatic hydroxyl groups is 2. The van der Waals surface area contributed by atoms with Crippen LogP contribution >= 0.6 is 0 Å². The van der Waals surface area contributed by atoms with E-state index in [1.165, 1.54) is 89.9 Å². The van der Waals surface area contributed by atoms with Crippen molar-refractivity contribution in [1.82, 2.24) is 5.32 Å². The number of carbonyl (C=O) groups is 1. The van der Waals surface area contributed by atoms with Gasteiger partial charge >= 0.3 is 0 Å². The SMILES string of the molecule is CC/C=C/CC/C=C/CC/C=C/C(O)C(CO)NC(=O)CCCCCCCCC/C=C\CCCCCCCCC. The normalized spacial score (nSPS) is 13.8. The van der Waals surface area contributed by atoms with Gasteiger partial charge < -0.3 is 15.5 Å². The van der Waals surface area contributed by atoms with Gasteiger partial charge in [0.1, 0.15) is 0 Å². The Morgan fingerprint density at radius 3 is 1.57 bits per heavy atom. The van der Waals surface area contributed by atoms with Crippen LogP contribution in [0.4, 0.5) is 0 Å². The van der Waals surface area contributed by atoms with Gasteiger partial charge in [0.15, 0.2) is 0 Å². The Balaban J connectivity index is 3.67. The molecule has 0 aromatic rings. The van der Waals surface area contributed by atoms with E-state index in [1.54, 1.807) is 6.08 Å². The molecule has 0 radical (unpaired) electrons. The Morgan fingerprint density at radius 1 is 0.600 bits per heavy atom. The molecule has 3 N–H and O–H groups in total. The topological polar surface area (TPSA) is 69.6 Å². The molecule has 0 saturated carbocycles. The minimum absolute atomic E-state index is 0.0881. The van der Waals surface area contributed by atoms with Gasteiger partial charge in [0.05, 0.1) is 18.8 Å². The van der Waals surface area contributed by atoms with Gasteiger partial charge in [0, 0.05) is 6.42 Å². The first kappa shape index (κ1) is 38.4. The van der Waals surface area contributed by atoms with Gasteiger partial charge in [-0.15, -0.1) is 0 Å². The van der Waals surface area contributed by atoms with Crippen LogP contribution in [0.5, 0.6) is 0 Å². The maximum absolute atomic E-state index is 12.3. The fourth-order valence-corrected chi connectivity index (χ4v) is 4.68. The first-order valence-corrected chi connectivity index (χ1v) is 16.9. The molecule has 0 aliphatic carbocycles. The third-order valence-electron chi connectivity index (χ3n) is 7.27. The molecule has 0 saturated heterocycles. The molecule has 0 fully saturated rings. The molecule has 40 heavy (non-hydrogen) atoms. The molecule has 0 aliphatic heterocycles. The van der Waals surface area contributed by atoms with E-state index in [-0.39, 0.29) is 12.5 Å². The van der Waals surface area contributed by atoms with Gasteiger partial charge in [-0.25, -0.2) is 0 Å². The Kier molecular flexibility index (Phi) is 30.6. The molecule has 232 valence electrons. The van der Waals surface area contributed by atoms with Crippen LogP contribution in [0.1, 0.15) is 155 Å². The molecule has 4 nitrogen and oxygen atoms in total. The fourth-order valence-electron chi connectivity index (χ4n) is 4.68. The third-order valence-corrected chi connectivity index (χ3v) is 7.27. The van der Waals surface area contributed by atoms with E-state index in [0.29, 0.717) is 6.42 Å². The second-order valence-electron chi connectivity index (χ2n) is 11.2. The summed E-state index contributed by atoms with van der Waals surface area (Å²) in [5, 5.41) is 22.7. The zero-order chi connectivity index (χ0) is 29.4. The lowest BCUT2D eigenvalue weighted by molar-refractivity contribution is -0.123. The maximum Gasteiger partial charge on any atom is 0.220 e. The van der Waals surface area contributed by atoms with E-state index in [9.17, 15) is 15.0 Å². The van der Waals surface area contributed by atoms with Gasteiger partial charge in [0.25, 0.3) is 0 Å². The molecular weight excluding hydrogens is 494 g/mol. The highest BCUT2D eigenvalue weighted by Crippen LogP contribution is 2.12. The lowest BCUT2D eigenvalue weighted by Crippen LogP contribution is -2.45. The van der Waals surface area contributed by atoms with Crippen molar-refractivity contribution >= 4 is 5.91 Å². The van der Waals surface area contributed by atoms with Crippen LogP contribution in [0.2, 0.25) is 0 Å². The quantitative estimate of drug-likeness (QED) is 0.0631. The number of aliphatic hydroxyl groups excluding tert-OH is 2. The predicted molar refractivity (Wildman–Crippen MR) is 175 cm³/mol. The average Bonchev–Trinajstić information content (AvgIpc) is 2.96. The van der Waals surface area contributed by atoms with Crippen LogP contribution in [0, 0.1) is 0 Å². The number of nitrogens with one attached hydrogen (secondary N) is 1. The Labute approximate surface area is 248 Å². The highest BCUT2D eigenvalue weighted by Gasteiger charge is 2.17. The summed E-state index contributed by atoms with van der Waals surface area (Å²) in [6.07, 6.45) is 42.0. The van der Waals surface area contributed by atoms with Crippen molar-refractivity contribution in [2.75, 3.05) is 6.61 Å². The third kappa shape index (κ3) is 27.9. The lowest BCUT2D eigenvalue weighted by Gasteiger charge is -2.19. The van der Waals surface area contributed by atoms with Crippen molar-refractivity contribution in [3.8, 4) is 0 Å². The number of amides is 1. The van der Waals surface area contributed by atoms with Crippen LogP contribution in [0.25, 0.3) is 0 Å². The molecule has 0 aliphatic rings. The molecular formula is C36H65NO3. The van der Waals surface area contributed by atoms with E-state index >= 15 is 0 Å². The molecule has 2 unspecified atom stereocenters. The minimum atomic E-state index is -0.868. The summed E-state index contributed by atoms with van der Waals surface area (Å²) in [4.78, 5) is 12.3. The Morgan fingerprint density at radius 2 is 1.05 bits per heavy atom. The molecule has 2 atom stereocenters. The highest BCUT2D eigenvalue weighted by molar-refractivity contribution is 5.76. The van der Waals surface area contributed by atoms with E-state index in [4.69, 9.17) is 0 Å². The van der Waals surface area contributed by atoms with Crippen molar-refractivity contribution in [3.05, 3.63) is 48.6 Å². The molecule has 0 aromatic heterocycles. The fraction of sp³-hybridized carbons (Fsp3) is 0.750. The largest absolute Gasteiger partial charge is 0.394 e. The summed E-state index contributed by atoms with van der Waals surface area (Å²) < 4.78 is 0. The van der Waals surface area contributed by atoms with Crippen molar-refractivity contribution in [1.29, 1.82) is 0 Å². The van der Waals surface area contributed by atoms with Crippen LogP contribution < -0.4 is 5.32 Å². The maximum atomic E-state index is 12.3. The number of allylic oxidation sites excluding steroid dienone is 7. The van der Waals surface area contributed by atoms with Gasteiger partial charge in [-0.1, -0.05) is 133 Å². The number of carbonyl (C=O) groups excluding carboxylic acids is 1.